The number of anilines is 4. The molecule has 180 valence electrons. The summed E-state index contributed by atoms with van der Waals surface area (Å²) in [4.78, 5) is 14.2. The van der Waals surface area contributed by atoms with E-state index in [4.69, 9.17) is 19.7 Å². The van der Waals surface area contributed by atoms with Crippen molar-refractivity contribution in [3.05, 3.63) is 21.8 Å². The second kappa shape index (κ2) is 12.0. The molecule has 0 amide bonds. The molecule has 8 nitrogen and oxygen atoms in total. The molecule has 2 atom stereocenters. The molecule has 1 aliphatic carbocycles. The second-order valence-corrected chi connectivity index (χ2v) is 10.1. The Balaban J connectivity index is 1.56. The number of rotatable bonds is 9. The first-order chi connectivity index (χ1) is 16.1. The van der Waals surface area contributed by atoms with Crippen LogP contribution in [0.4, 0.5) is 23.5 Å². The molecule has 2 heterocycles. The zero-order valence-electron chi connectivity index (χ0n) is 19.7. The van der Waals surface area contributed by atoms with E-state index in [-0.39, 0.29) is 6.04 Å². The second-order valence-electron chi connectivity index (χ2n) is 8.98. The molecule has 2 unspecified atom stereocenters. The minimum atomic E-state index is 0.287. The van der Waals surface area contributed by atoms with E-state index < -0.39 is 0 Å². The monoisotopic (exact) mass is 565 g/mol. The molecule has 0 spiro atoms. The molecule has 1 saturated carbocycles. The number of methoxy groups -OCH3 is 1. The quantitative estimate of drug-likeness (QED) is 0.240. The molecule has 2 aliphatic rings. The van der Waals surface area contributed by atoms with Crippen molar-refractivity contribution in [3.8, 4) is 5.75 Å². The summed E-state index contributed by atoms with van der Waals surface area (Å²) < 4.78 is 6.42. The van der Waals surface area contributed by atoms with E-state index in [0.717, 1.165) is 40.8 Å². The molecular formula is C24H36IN7O. The van der Waals surface area contributed by atoms with Gasteiger partial charge in [0.1, 0.15) is 5.75 Å². The molecule has 1 saturated heterocycles. The van der Waals surface area contributed by atoms with Gasteiger partial charge in [0.2, 0.25) is 17.8 Å². The molecule has 9 heteroatoms. The van der Waals surface area contributed by atoms with Gasteiger partial charge in [-0.05, 0) is 79.4 Å². The molecular weight excluding hydrogens is 529 g/mol. The van der Waals surface area contributed by atoms with Crippen molar-refractivity contribution in [2.75, 3.05) is 29.6 Å². The smallest absolute Gasteiger partial charge is 0.233 e. The Labute approximate surface area is 210 Å². The predicted molar refractivity (Wildman–Crippen MR) is 143 cm³/mol. The first kappa shape index (κ1) is 24.3. The molecule has 4 N–H and O–H groups in total. The van der Waals surface area contributed by atoms with Gasteiger partial charge in [-0.3, -0.25) is 0 Å². The maximum absolute atomic E-state index is 5.39. The largest absolute Gasteiger partial charge is 0.496 e. The highest BCUT2D eigenvalue weighted by atomic mass is 127. The summed E-state index contributed by atoms with van der Waals surface area (Å²) in [6.45, 7) is 3.29. The highest BCUT2D eigenvalue weighted by molar-refractivity contribution is 14.1. The summed E-state index contributed by atoms with van der Waals surface area (Å²) in [7, 11) is 1.68. The third-order valence-corrected chi connectivity index (χ3v) is 7.41. The molecule has 33 heavy (non-hydrogen) atoms. The van der Waals surface area contributed by atoms with E-state index in [1.807, 2.05) is 18.2 Å². The molecule has 1 aliphatic heterocycles. The summed E-state index contributed by atoms with van der Waals surface area (Å²) in [6.07, 6.45) is 10.9. The van der Waals surface area contributed by atoms with Crippen LogP contribution >= 0.6 is 22.6 Å². The molecule has 2 fully saturated rings. The van der Waals surface area contributed by atoms with Gasteiger partial charge in [-0.2, -0.15) is 15.0 Å². The van der Waals surface area contributed by atoms with Crippen molar-refractivity contribution < 1.29 is 4.74 Å². The standard InChI is InChI=1S/C24H36IN7O/c1-3-19(20-11-8-14-26-20)29-24-31-22(27-16-9-6-4-5-7-10-16)30-23(32-24)28-17-12-13-21(33-2)18(25)15-17/h12-13,15-16,19-20,26H,3-11,14H2,1-2H3,(H3,27,28,29,30,31,32). The van der Waals surface area contributed by atoms with E-state index >= 15 is 0 Å². The Bertz CT molecular complexity index is 898. The highest BCUT2D eigenvalue weighted by Gasteiger charge is 2.24. The van der Waals surface area contributed by atoms with Crippen LogP contribution in [0.2, 0.25) is 0 Å². The lowest BCUT2D eigenvalue weighted by Gasteiger charge is -2.24. The van der Waals surface area contributed by atoms with Crippen molar-refractivity contribution >= 4 is 46.1 Å². The summed E-state index contributed by atoms with van der Waals surface area (Å²) in [5, 5.41) is 14.2. The van der Waals surface area contributed by atoms with Crippen LogP contribution in [-0.4, -0.2) is 46.7 Å². The fraction of sp³-hybridized carbons (Fsp3) is 0.625. The van der Waals surface area contributed by atoms with Gasteiger partial charge in [-0.15, -0.1) is 0 Å². The van der Waals surface area contributed by atoms with Crippen LogP contribution in [0.25, 0.3) is 0 Å². The van der Waals surface area contributed by atoms with E-state index in [1.165, 1.54) is 38.5 Å². The lowest BCUT2D eigenvalue weighted by molar-refractivity contribution is 0.412. The van der Waals surface area contributed by atoms with Crippen LogP contribution in [0.5, 0.6) is 5.75 Å². The Kier molecular flexibility index (Phi) is 8.82. The summed E-state index contributed by atoms with van der Waals surface area (Å²) in [6, 6.07) is 7.11. The van der Waals surface area contributed by atoms with Crippen LogP contribution < -0.4 is 26.0 Å². The maximum atomic E-state index is 5.39. The Hall–Kier alpha value is -1.88. The Morgan fingerprint density at radius 3 is 2.45 bits per heavy atom. The third kappa shape index (κ3) is 6.81. The van der Waals surface area contributed by atoms with Crippen molar-refractivity contribution in [3.63, 3.8) is 0 Å². The minimum absolute atomic E-state index is 0.287. The van der Waals surface area contributed by atoms with Gasteiger partial charge in [0.05, 0.1) is 10.7 Å². The SMILES string of the molecule is CCC(Nc1nc(Nc2ccc(OC)c(I)c2)nc(NC2CCCCCC2)n1)C1CCCN1. The number of benzene rings is 1. The van der Waals surface area contributed by atoms with Gasteiger partial charge in [-0.25, -0.2) is 0 Å². The van der Waals surface area contributed by atoms with Crippen LogP contribution in [0.1, 0.15) is 64.7 Å². The average molecular weight is 566 g/mol. The van der Waals surface area contributed by atoms with Crippen molar-refractivity contribution in [2.45, 2.75) is 82.8 Å². The Morgan fingerprint density at radius 2 is 1.79 bits per heavy atom. The molecule has 0 radical (unpaired) electrons. The van der Waals surface area contributed by atoms with Crippen LogP contribution in [0.3, 0.4) is 0 Å². The normalized spacial score (nSPS) is 20.2. The van der Waals surface area contributed by atoms with Crippen molar-refractivity contribution in [1.82, 2.24) is 20.3 Å². The fourth-order valence-electron chi connectivity index (χ4n) is 4.75. The average Bonchev–Trinajstić information content (AvgIpc) is 3.22. The van der Waals surface area contributed by atoms with E-state index in [0.29, 0.717) is 29.9 Å². The molecule has 4 rings (SSSR count). The van der Waals surface area contributed by atoms with Gasteiger partial charge in [-0.1, -0.05) is 32.6 Å². The first-order valence-electron chi connectivity index (χ1n) is 12.3. The van der Waals surface area contributed by atoms with Crippen LogP contribution in [0, 0.1) is 3.57 Å². The van der Waals surface area contributed by atoms with Gasteiger partial charge in [0.25, 0.3) is 0 Å². The summed E-state index contributed by atoms with van der Waals surface area (Å²) in [5.74, 6) is 2.65. The number of nitrogens with zero attached hydrogens (tertiary/aromatic N) is 3. The number of ether oxygens (including phenoxy) is 1. The number of hydrogen-bond acceptors (Lipinski definition) is 8. The zero-order valence-corrected chi connectivity index (χ0v) is 21.8. The van der Waals surface area contributed by atoms with E-state index in [2.05, 4.69) is 50.8 Å². The van der Waals surface area contributed by atoms with Gasteiger partial charge < -0.3 is 26.0 Å². The van der Waals surface area contributed by atoms with Crippen LogP contribution in [0.15, 0.2) is 18.2 Å². The topological polar surface area (TPSA) is 96.0 Å². The third-order valence-electron chi connectivity index (χ3n) is 6.57. The predicted octanol–water partition coefficient (Wildman–Crippen LogP) is 5.31. The summed E-state index contributed by atoms with van der Waals surface area (Å²) >= 11 is 2.28. The lowest BCUT2D eigenvalue weighted by atomic mass is 10.0. The number of aromatic nitrogens is 3. The van der Waals surface area contributed by atoms with Crippen LogP contribution in [-0.2, 0) is 0 Å². The number of hydrogen-bond donors (Lipinski definition) is 4. The van der Waals surface area contributed by atoms with Crippen molar-refractivity contribution in [2.24, 2.45) is 0 Å². The molecule has 2 aromatic rings. The van der Waals surface area contributed by atoms with Gasteiger partial charge >= 0.3 is 0 Å². The van der Waals surface area contributed by atoms with Gasteiger partial charge in [0.15, 0.2) is 0 Å². The highest BCUT2D eigenvalue weighted by Crippen LogP contribution is 2.27. The zero-order chi connectivity index (χ0) is 23.0. The minimum Gasteiger partial charge on any atom is -0.496 e. The molecule has 1 aromatic carbocycles. The summed E-state index contributed by atoms with van der Waals surface area (Å²) in [5.41, 5.74) is 0.919. The number of halogens is 1. The first-order valence-corrected chi connectivity index (χ1v) is 13.4. The fourth-order valence-corrected chi connectivity index (χ4v) is 5.48. The van der Waals surface area contributed by atoms with Gasteiger partial charge in [0, 0.05) is 23.8 Å². The number of nitrogens with one attached hydrogen (secondary N) is 4. The molecule has 1 aromatic heterocycles. The Morgan fingerprint density at radius 1 is 1.03 bits per heavy atom. The van der Waals surface area contributed by atoms with E-state index in [1.54, 1.807) is 7.11 Å². The van der Waals surface area contributed by atoms with E-state index in [9.17, 15) is 0 Å². The van der Waals surface area contributed by atoms with Crippen molar-refractivity contribution in [1.29, 1.82) is 0 Å². The maximum Gasteiger partial charge on any atom is 0.233 e. The molecule has 0 bridgehead atoms. The lowest BCUT2D eigenvalue weighted by Crippen LogP contribution is -2.40.